The van der Waals surface area contributed by atoms with Crippen molar-refractivity contribution in [1.82, 2.24) is 4.98 Å². The molecule has 124 valence electrons. The summed E-state index contributed by atoms with van der Waals surface area (Å²) < 4.78 is 0. The van der Waals surface area contributed by atoms with Crippen molar-refractivity contribution in [1.29, 1.82) is 0 Å². The number of ketones is 1. The smallest absolute Gasteiger partial charge is 0.259 e. The van der Waals surface area contributed by atoms with Crippen LogP contribution in [0.4, 0.5) is 11.5 Å². The zero-order valence-electron chi connectivity index (χ0n) is 13.8. The monoisotopic (exact) mass is 323 g/mol. The number of benzene rings is 1. The third kappa shape index (κ3) is 3.62. The van der Waals surface area contributed by atoms with Crippen molar-refractivity contribution >= 4 is 23.2 Å². The summed E-state index contributed by atoms with van der Waals surface area (Å²) in [6, 6.07) is 10.5. The Kier molecular flexibility index (Phi) is 4.89. The summed E-state index contributed by atoms with van der Waals surface area (Å²) in [6.45, 7) is 3.37. The molecule has 5 heteroatoms. The lowest BCUT2D eigenvalue weighted by Gasteiger charge is -2.29. The number of carbonyl (C=O) groups is 2. The van der Waals surface area contributed by atoms with E-state index in [4.69, 9.17) is 0 Å². The molecule has 2 aromatic rings. The fourth-order valence-electron chi connectivity index (χ4n) is 2.95. The number of pyridine rings is 1. The molecule has 0 saturated carbocycles. The van der Waals surface area contributed by atoms with Gasteiger partial charge in [0, 0.05) is 30.5 Å². The lowest BCUT2D eigenvalue weighted by molar-refractivity contribution is 0.101. The molecule has 0 atom stereocenters. The van der Waals surface area contributed by atoms with Crippen molar-refractivity contribution < 1.29 is 9.59 Å². The highest BCUT2D eigenvalue weighted by Gasteiger charge is 2.19. The quantitative estimate of drug-likeness (QED) is 0.874. The minimum Gasteiger partial charge on any atom is -0.356 e. The van der Waals surface area contributed by atoms with E-state index < -0.39 is 0 Å². The standard InChI is InChI=1S/C19H21N3O2/c1-14(23)15-7-5-8-16(13-15)21-19(24)17-9-6-10-20-18(17)22-11-3-2-4-12-22/h5-10,13H,2-4,11-12H2,1H3,(H,21,24). The van der Waals surface area contributed by atoms with E-state index in [1.165, 1.54) is 13.3 Å². The molecular weight excluding hydrogens is 302 g/mol. The summed E-state index contributed by atoms with van der Waals surface area (Å²) in [5.41, 5.74) is 1.75. The first-order chi connectivity index (χ1) is 11.6. The number of anilines is 2. The second-order valence-corrected chi connectivity index (χ2v) is 6.01. The van der Waals surface area contributed by atoms with Crippen molar-refractivity contribution in [3.8, 4) is 0 Å². The third-order valence-electron chi connectivity index (χ3n) is 4.21. The number of Topliss-reactive ketones (excluding diaryl/α,β-unsaturated/α-hetero) is 1. The van der Waals surface area contributed by atoms with Gasteiger partial charge in [0.05, 0.1) is 5.56 Å². The van der Waals surface area contributed by atoms with Gasteiger partial charge in [0.15, 0.2) is 5.78 Å². The number of carbonyl (C=O) groups excluding carboxylic acids is 2. The molecule has 0 spiro atoms. The topological polar surface area (TPSA) is 62.3 Å². The zero-order valence-corrected chi connectivity index (χ0v) is 13.8. The van der Waals surface area contributed by atoms with Crippen molar-refractivity contribution in [3.63, 3.8) is 0 Å². The summed E-state index contributed by atoms with van der Waals surface area (Å²) in [5, 5.41) is 2.88. The van der Waals surface area contributed by atoms with Crippen LogP contribution < -0.4 is 10.2 Å². The Balaban J connectivity index is 1.82. The van der Waals surface area contributed by atoms with Gasteiger partial charge in [0.25, 0.3) is 5.91 Å². The zero-order chi connectivity index (χ0) is 16.9. The fraction of sp³-hybridized carbons (Fsp3) is 0.316. The van der Waals surface area contributed by atoms with E-state index in [0.717, 1.165) is 31.7 Å². The van der Waals surface area contributed by atoms with Crippen LogP contribution in [0.5, 0.6) is 0 Å². The van der Waals surface area contributed by atoms with E-state index in [0.29, 0.717) is 16.8 Å². The van der Waals surface area contributed by atoms with Crippen LogP contribution in [0.25, 0.3) is 0 Å². The van der Waals surface area contributed by atoms with Crippen molar-refractivity contribution in [3.05, 3.63) is 53.7 Å². The molecule has 0 aliphatic carbocycles. The highest BCUT2D eigenvalue weighted by atomic mass is 16.1. The number of hydrogen-bond acceptors (Lipinski definition) is 4. The molecule has 1 amide bonds. The molecule has 1 saturated heterocycles. The summed E-state index contributed by atoms with van der Waals surface area (Å²) in [4.78, 5) is 30.8. The Hall–Kier alpha value is -2.69. The largest absolute Gasteiger partial charge is 0.356 e. The van der Waals surface area contributed by atoms with Crippen LogP contribution >= 0.6 is 0 Å². The minimum absolute atomic E-state index is 0.0264. The normalized spacial score (nSPS) is 14.3. The first kappa shape index (κ1) is 16.2. The maximum absolute atomic E-state index is 12.7. The second kappa shape index (κ2) is 7.25. The average Bonchev–Trinajstić information content (AvgIpc) is 2.62. The van der Waals surface area contributed by atoms with Crippen LogP contribution in [0, 0.1) is 0 Å². The van der Waals surface area contributed by atoms with Gasteiger partial charge in [-0.2, -0.15) is 0 Å². The first-order valence-electron chi connectivity index (χ1n) is 8.27. The predicted molar refractivity (Wildman–Crippen MR) is 94.7 cm³/mol. The first-order valence-corrected chi connectivity index (χ1v) is 8.27. The molecule has 1 aromatic heterocycles. The number of rotatable bonds is 4. The summed E-state index contributed by atoms with van der Waals surface area (Å²) in [7, 11) is 0. The molecule has 3 rings (SSSR count). The Morgan fingerprint density at radius 2 is 1.88 bits per heavy atom. The van der Waals surface area contributed by atoms with Gasteiger partial charge in [-0.05, 0) is 50.5 Å². The van der Waals surface area contributed by atoms with E-state index in [2.05, 4.69) is 15.2 Å². The van der Waals surface area contributed by atoms with Crippen molar-refractivity contribution in [2.24, 2.45) is 0 Å². The maximum Gasteiger partial charge on any atom is 0.259 e. The number of piperidine rings is 1. The van der Waals surface area contributed by atoms with Crippen LogP contribution in [0.1, 0.15) is 46.9 Å². The van der Waals surface area contributed by atoms with Crippen LogP contribution in [0.2, 0.25) is 0 Å². The van der Waals surface area contributed by atoms with E-state index in [1.54, 1.807) is 42.6 Å². The van der Waals surface area contributed by atoms with E-state index in [1.807, 2.05) is 0 Å². The second-order valence-electron chi connectivity index (χ2n) is 6.01. The van der Waals surface area contributed by atoms with Gasteiger partial charge in [0.1, 0.15) is 5.82 Å². The number of aromatic nitrogens is 1. The van der Waals surface area contributed by atoms with E-state index >= 15 is 0 Å². The SMILES string of the molecule is CC(=O)c1cccc(NC(=O)c2cccnc2N2CCCCC2)c1. The molecule has 24 heavy (non-hydrogen) atoms. The van der Waals surface area contributed by atoms with Gasteiger partial charge in [-0.25, -0.2) is 4.98 Å². The predicted octanol–water partition coefficient (Wildman–Crippen LogP) is 3.53. The van der Waals surface area contributed by atoms with Gasteiger partial charge >= 0.3 is 0 Å². The van der Waals surface area contributed by atoms with Gasteiger partial charge in [0.2, 0.25) is 0 Å². The van der Waals surface area contributed by atoms with Gasteiger partial charge in [-0.1, -0.05) is 12.1 Å². The molecule has 1 aromatic carbocycles. The summed E-state index contributed by atoms with van der Waals surface area (Å²) in [5.74, 6) is 0.503. The van der Waals surface area contributed by atoms with Crippen LogP contribution in [0.3, 0.4) is 0 Å². The molecule has 0 radical (unpaired) electrons. The molecule has 0 unspecified atom stereocenters. The van der Waals surface area contributed by atoms with E-state index in [-0.39, 0.29) is 11.7 Å². The molecule has 5 nitrogen and oxygen atoms in total. The Morgan fingerprint density at radius 3 is 2.62 bits per heavy atom. The van der Waals surface area contributed by atoms with Gasteiger partial charge in [-0.3, -0.25) is 9.59 Å². The fourth-order valence-corrected chi connectivity index (χ4v) is 2.95. The minimum atomic E-state index is -0.204. The van der Waals surface area contributed by atoms with Crippen molar-refractivity contribution in [2.75, 3.05) is 23.3 Å². The Bertz CT molecular complexity index is 752. The highest BCUT2D eigenvalue weighted by molar-refractivity contribution is 6.08. The summed E-state index contributed by atoms with van der Waals surface area (Å²) >= 11 is 0. The number of nitrogens with one attached hydrogen (secondary N) is 1. The molecule has 1 aliphatic rings. The van der Waals surface area contributed by atoms with Crippen molar-refractivity contribution in [2.45, 2.75) is 26.2 Å². The Morgan fingerprint density at radius 1 is 1.08 bits per heavy atom. The lowest BCUT2D eigenvalue weighted by Crippen LogP contribution is -2.32. The average molecular weight is 323 g/mol. The van der Waals surface area contributed by atoms with Gasteiger partial charge < -0.3 is 10.2 Å². The highest BCUT2D eigenvalue weighted by Crippen LogP contribution is 2.23. The maximum atomic E-state index is 12.7. The molecular formula is C19H21N3O2. The molecule has 2 heterocycles. The van der Waals surface area contributed by atoms with Crippen LogP contribution in [0.15, 0.2) is 42.6 Å². The van der Waals surface area contributed by atoms with Crippen LogP contribution in [-0.2, 0) is 0 Å². The molecule has 1 fully saturated rings. The van der Waals surface area contributed by atoms with E-state index in [9.17, 15) is 9.59 Å². The molecule has 1 N–H and O–H groups in total. The molecule has 0 bridgehead atoms. The lowest BCUT2D eigenvalue weighted by atomic mass is 10.1. The number of amides is 1. The third-order valence-corrected chi connectivity index (χ3v) is 4.21. The number of nitrogens with zero attached hydrogens (tertiary/aromatic N) is 2. The van der Waals surface area contributed by atoms with Crippen LogP contribution in [-0.4, -0.2) is 29.8 Å². The summed E-state index contributed by atoms with van der Waals surface area (Å²) in [6.07, 6.45) is 5.19. The number of hydrogen-bond donors (Lipinski definition) is 1. The Labute approximate surface area is 141 Å². The van der Waals surface area contributed by atoms with Gasteiger partial charge in [-0.15, -0.1) is 0 Å². The molecule has 1 aliphatic heterocycles.